The predicted molar refractivity (Wildman–Crippen MR) is 83.6 cm³/mol. The molecule has 22 heavy (non-hydrogen) atoms. The summed E-state index contributed by atoms with van der Waals surface area (Å²) in [5.74, 6) is -0.929. The number of amides is 3. The lowest BCUT2D eigenvalue weighted by Gasteiger charge is -2.29. The molecule has 1 atom stereocenters. The zero-order valence-corrected chi connectivity index (χ0v) is 13.3. The molecule has 5 nitrogen and oxygen atoms in total. The molecule has 0 N–H and O–H groups in total. The molecule has 1 aliphatic rings. The molecule has 0 bridgehead atoms. The third-order valence-corrected chi connectivity index (χ3v) is 3.87. The number of carbonyl (C=O) groups excluding carboxylic acids is 3. The topological polar surface area (TPSA) is 57.7 Å². The van der Waals surface area contributed by atoms with Gasteiger partial charge >= 0.3 is 0 Å². The van der Waals surface area contributed by atoms with E-state index < -0.39 is 6.04 Å². The SMILES string of the molecule is CCCN(CCC)C(=O)C(C)N1C(=O)c2ccccc2C1=O. The Hall–Kier alpha value is -2.17. The van der Waals surface area contributed by atoms with Crippen LogP contribution in [0.2, 0.25) is 0 Å². The molecule has 1 aliphatic heterocycles. The van der Waals surface area contributed by atoms with Crippen LogP contribution in [0, 0.1) is 0 Å². The molecule has 1 aromatic carbocycles. The summed E-state index contributed by atoms with van der Waals surface area (Å²) in [6.45, 7) is 6.91. The van der Waals surface area contributed by atoms with Crippen LogP contribution < -0.4 is 0 Å². The summed E-state index contributed by atoms with van der Waals surface area (Å²) in [4.78, 5) is 40.3. The first-order valence-corrected chi connectivity index (χ1v) is 7.78. The van der Waals surface area contributed by atoms with Crippen LogP contribution in [0.15, 0.2) is 24.3 Å². The summed E-state index contributed by atoms with van der Waals surface area (Å²) in [7, 11) is 0. The van der Waals surface area contributed by atoms with Crippen molar-refractivity contribution in [2.45, 2.75) is 39.7 Å². The van der Waals surface area contributed by atoms with Crippen molar-refractivity contribution in [1.29, 1.82) is 0 Å². The van der Waals surface area contributed by atoms with Gasteiger partial charge in [0, 0.05) is 13.1 Å². The Labute approximate surface area is 130 Å². The second-order valence-electron chi connectivity index (χ2n) is 5.53. The maximum absolute atomic E-state index is 12.6. The van der Waals surface area contributed by atoms with E-state index in [1.807, 2.05) is 13.8 Å². The smallest absolute Gasteiger partial charge is 0.262 e. The van der Waals surface area contributed by atoms with E-state index in [1.54, 1.807) is 36.1 Å². The molecule has 1 unspecified atom stereocenters. The summed E-state index contributed by atoms with van der Waals surface area (Å²) in [6.07, 6.45) is 1.70. The Morgan fingerprint density at radius 2 is 1.50 bits per heavy atom. The van der Waals surface area contributed by atoms with Crippen molar-refractivity contribution in [3.8, 4) is 0 Å². The van der Waals surface area contributed by atoms with Gasteiger partial charge < -0.3 is 4.90 Å². The standard InChI is InChI=1S/C17H22N2O3/c1-4-10-18(11-5-2)15(20)12(3)19-16(21)13-8-6-7-9-14(13)17(19)22/h6-9,12H,4-5,10-11H2,1-3H3. The minimum atomic E-state index is -0.773. The van der Waals surface area contributed by atoms with Crippen molar-refractivity contribution in [1.82, 2.24) is 9.80 Å². The Morgan fingerprint density at radius 3 is 1.91 bits per heavy atom. The number of benzene rings is 1. The number of hydrogen-bond acceptors (Lipinski definition) is 3. The average molecular weight is 302 g/mol. The van der Waals surface area contributed by atoms with Crippen molar-refractivity contribution in [2.75, 3.05) is 13.1 Å². The fourth-order valence-corrected chi connectivity index (χ4v) is 2.81. The van der Waals surface area contributed by atoms with Gasteiger partial charge in [0.25, 0.3) is 11.8 Å². The molecule has 0 radical (unpaired) electrons. The normalized spacial score (nSPS) is 15.0. The molecular weight excluding hydrogens is 280 g/mol. The molecule has 5 heteroatoms. The van der Waals surface area contributed by atoms with E-state index in [-0.39, 0.29) is 17.7 Å². The quantitative estimate of drug-likeness (QED) is 0.758. The van der Waals surface area contributed by atoms with Crippen LogP contribution in [0.1, 0.15) is 54.3 Å². The summed E-state index contributed by atoms with van der Waals surface area (Å²) in [6, 6.07) is 5.93. The van der Waals surface area contributed by atoms with Gasteiger partial charge in [-0.05, 0) is 31.9 Å². The van der Waals surface area contributed by atoms with E-state index in [0.717, 1.165) is 17.7 Å². The molecule has 0 saturated carbocycles. The van der Waals surface area contributed by atoms with E-state index in [2.05, 4.69) is 0 Å². The average Bonchev–Trinajstić information content (AvgIpc) is 2.78. The van der Waals surface area contributed by atoms with Crippen LogP contribution in [0.4, 0.5) is 0 Å². The Morgan fingerprint density at radius 1 is 1.05 bits per heavy atom. The highest BCUT2D eigenvalue weighted by Crippen LogP contribution is 2.25. The Balaban J connectivity index is 2.23. The lowest BCUT2D eigenvalue weighted by atomic mass is 10.1. The third-order valence-electron chi connectivity index (χ3n) is 3.87. The first-order valence-electron chi connectivity index (χ1n) is 7.78. The van der Waals surface area contributed by atoms with Crippen molar-refractivity contribution in [3.63, 3.8) is 0 Å². The first kappa shape index (κ1) is 16.2. The zero-order chi connectivity index (χ0) is 16.3. The van der Waals surface area contributed by atoms with Gasteiger partial charge in [-0.25, -0.2) is 0 Å². The van der Waals surface area contributed by atoms with Gasteiger partial charge in [-0.15, -0.1) is 0 Å². The van der Waals surface area contributed by atoms with Gasteiger partial charge in [0.1, 0.15) is 6.04 Å². The van der Waals surface area contributed by atoms with Crippen molar-refractivity contribution in [2.24, 2.45) is 0 Å². The molecule has 0 aromatic heterocycles. The fraction of sp³-hybridized carbons (Fsp3) is 0.471. The number of fused-ring (bicyclic) bond motifs is 1. The lowest BCUT2D eigenvalue weighted by molar-refractivity contribution is -0.135. The molecule has 1 aromatic rings. The summed E-state index contributed by atoms with van der Waals surface area (Å²) < 4.78 is 0. The van der Waals surface area contributed by atoms with Crippen LogP contribution in [0.3, 0.4) is 0 Å². The number of hydrogen-bond donors (Lipinski definition) is 0. The van der Waals surface area contributed by atoms with Crippen molar-refractivity contribution >= 4 is 17.7 Å². The van der Waals surface area contributed by atoms with E-state index >= 15 is 0 Å². The van der Waals surface area contributed by atoms with Gasteiger partial charge in [0.05, 0.1) is 11.1 Å². The van der Waals surface area contributed by atoms with E-state index in [9.17, 15) is 14.4 Å². The number of nitrogens with zero attached hydrogens (tertiary/aromatic N) is 2. The maximum Gasteiger partial charge on any atom is 0.262 e. The highest BCUT2D eigenvalue weighted by atomic mass is 16.2. The predicted octanol–water partition coefficient (Wildman–Crippen LogP) is 2.32. The lowest BCUT2D eigenvalue weighted by Crippen LogP contribution is -2.49. The van der Waals surface area contributed by atoms with Crippen LogP contribution in [0.5, 0.6) is 0 Å². The number of carbonyl (C=O) groups is 3. The fourth-order valence-electron chi connectivity index (χ4n) is 2.81. The Kier molecular flexibility index (Phi) is 4.96. The van der Waals surface area contributed by atoms with E-state index in [0.29, 0.717) is 24.2 Å². The van der Waals surface area contributed by atoms with E-state index in [4.69, 9.17) is 0 Å². The van der Waals surface area contributed by atoms with Gasteiger partial charge in [0.2, 0.25) is 5.91 Å². The number of imide groups is 1. The van der Waals surface area contributed by atoms with Crippen LogP contribution in [0.25, 0.3) is 0 Å². The van der Waals surface area contributed by atoms with Crippen molar-refractivity contribution < 1.29 is 14.4 Å². The van der Waals surface area contributed by atoms with Gasteiger partial charge in [0.15, 0.2) is 0 Å². The molecule has 0 fully saturated rings. The summed E-state index contributed by atoms with van der Waals surface area (Å²) in [5, 5.41) is 0. The molecule has 118 valence electrons. The highest BCUT2D eigenvalue weighted by Gasteiger charge is 2.41. The Bertz CT molecular complexity index is 556. The third kappa shape index (κ3) is 2.75. The molecule has 3 amide bonds. The molecule has 0 saturated heterocycles. The molecule has 2 rings (SSSR count). The summed E-state index contributed by atoms with van der Waals surface area (Å²) in [5.41, 5.74) is 0.759. The molecule has 0 spiro atoms. The molecular formula is C17H22N2O3. The minimum Gasteiger partial charge on any atom is -0.341 e. The van der Waals surface area contributed by atoms with E-state index in [1.165, 1.54) is 0 Å². The van der Waals surface area contributed by atoms with Crippen LogP contribution in [-0.4, -0.2) is 46.7 Å². The number of rotatable bonds is 6. The largest absolute Gasteiger partial charge is 0.341 e. The van der Waals surface area contributed by atoms with Crippen LogP contribution in [-0.2, 0) is 4.79 Å². The van der Waals surface area contributed by atoms with Crippen molar-refractivity contribution in [3.05, 3.63) is 35.4 Å². The van der Waals surface area contributed by atoms with Gasteiger partial charge in [-0.3, -0.25) is 19.3 Å². The van der Waals surface area contributed by atoms with Gasteiger partial charge in [-0.1, -0.05) is 26.0 Å². The molecule has 0 aliphatic carbocycles. The zero-order valence-electron chi connectivity index (χ0n) is 13.3. The highest BCUT2D eigenvalue weighted by molar-refractivity contribution is 6.22. The van der Waals surface area contributed by atoms with Crippen LogP contribution >= 0.6 is 0 Å². The second-order valence-corrected chi connectivity index (χ2v) is 5.53. The first-order chi connectivity index (χ1) is 10.5. The maximum atomic E-state index is 12.6. The monoisotopic (exact) mass is 302 g/mol. The summed E-state index contributed by atoms with van der Waals surface area (Å²) >= 11 is 0. The second kappa shape index (κ2) is 6.73. The van der Waals surface area contributed by atoms with Gasteiger partial charge in [-0.2, -0.15) is 0 Å². The molecule has 1 heterocycles. The minimum absolute atomic E-state index is 0.168.